The maximum absolute atomic E-state index is 6.28. The van der Waals surface area contributed by atoms with Gasteiger partial charge in [0, 0.05) is 28.4 Å². The van der Waals surface area contributed by atoms with E-state index in [1.807, 2.05) is 36.5 Å². The number of hydrogen-bond acceptors (Lipinski definition) is 3. The molecule has 1 aliphatic carbocycles. The van der Waals surface area contributed by atoms with Gasteiger partial charge in [0.15, 0.2) is 0 Å². The van der Waals surface area contributed by atoms with E-state index in [-0.39, 0.29) is 6.04 Å². The number of nitrogens with one attached hydrogen (secondary N) is 1. The van der Waals surface area contributed by atoms with Crippen LogP contribution >= 0.6 is 11.6 Å². The first-order valence-corrected chi connectivity index (χ1v) is 14.2. The summed E-state index contributed by atoms with van der Waals surface area (Å²) in [5.74, 6) is 1.80. The second kappa shape index (κ2) is 10.7. The largest absolute Gasteiger partial charge is 0.488 e. The fraction of sp³-hybridized carbons (Fsp3) is 0.139. The smallest absolute Gasteiger partial charge is 0.129 e. The highest BCUT2D eigenvalue weighted by molar-refractivity contribution is 6.30. The van der Waals surface area contributed by atoms with Gasteiger partial charge in [-0.15, -0.1) is 0 Å². The van der Waals surface area contributed by atoms with Gasteiger partial charge in [0.25, 0.3) is 0 Å². The fourth-order valence-electron chi connectivity index (χ4n) is 6.06. The molecule has 0 fully saturated rings. The van der Waals surface area contributed by atoms with Crippen LogP contribution in [-0.2, 0) is 6.61 Å². The average Bonchev–Trinajstić information content (AvgIpc) is 3.50. The minimum atomic E-state index is 0.277. The van der Waals surface area contributed by atoms with Crippen molar-refractivity contribution < 1.29 is 4.74 Å². The van der Waals surface area contributed by atoms with Crippen LogP contribution in [0.2, 0.25) is 5.02 Å². The van der Waals surface area contributed by atoms with E-state index in [0.717, 1.165) is 44.8 Å². The van der Waals surface area contributed by atoms with Crippen LogP contribution in [0.15, 0.2) is 126 Å². The van der Waals surface area contributed by atoms with E-state index in [1.165, 1.54) is 16.8 Å². The van der Waals surface area contributed by atoms with Gasteiger partial charge < -0.3 is 10.1 Å². The lowest BCUT2D eigenvalue weighted by Gasteiger charge is -2.37. The van der Waals surface area contributed by atoms with Gasteiger partial charge in [0.1, 0.15) is 12.4 Å². The molecule has 1 N–H and O–H groups in total. The topological polar surface area (TPSA) is 33.6 Å². The third-order valence-corrected chi connectivity index (χ3v) is 8.36. The number of anilines is 1. The number of rotatable bonds is 6. The molecule has 5 aromatic rings. The van der Waals surface area contributed by atoms with E-state index in [2.05, 4.69) is 96.3 Å². The first-order chi connectivity index (χ1) is 19.7. The van der Waals surface area contributed by atoms with Crippen molar-refractivity contribution >= 4 is 40.0 Å². The number of para-hydroxylation sites is 1. The summed E-state index contributed by atoms with van der Waals surface area (Å²) in [6.45, 7) is 0.458. The Morgan fingerprint density at radius 1 is 0.850 bits per heavy atom. The molecule has 0 spiro atoms. The van der Waals surface area contributed by atoms with Crippen LogP contribution in [-0.4, -0.2) is 6.21 Å². The van der Waals surface area contributed by atoms with Crippen molar-refractivity contribution in [2.45, 2.75) is 25.0 Å². The van der Waals surface area contributed by atoms with Crippen LogP contribution in [0.1, 0.15) is 40.6 Å². The Hall–Kier alpha value is -4.34. The molecule has 1 heterocycles. The summed E-state index contributed by atoms with van der Waals surface area (Å²) in [4.78, 5) is 4.89. The van der Waals surface area contributed by atoms with Crippen molar-refractivity contribution in [3.05, 3.63) is 149 Å². The zero-order valence-corrected chi connectivity index (χ0v) is 22.8. The van der Waals surface area contributed by atoms with Crippen LogP contribution in [0.3, 0.4) is 0 Å². The van der Waals surface area contributed by atoms with Crippen LogP contribution in [0, 0.1) is 5.92 Å². The third kappa shape index (κ3) is 4.78. The number of ether oxygens (including phenoxy) is 1. The molecule has 196 valence electrons. The quantitative estimate of drug-likeness (QED) is 0.172. The van der Waals surface area contributed by atoms with Crippen molar-refractivity contribution in [1.29, 1.82) is 0 Å². The average molecular weight is 541 g/mol. The van der Waals surface area contributed by atoms with Gasteiger partial charge in [0.05, 0.1) is 11.7 Å². The molecule has 3 atom stereocenters. The van der Waals surface area contributed by atoms with Gasteiger partial charge in [0.2, 0.25) is 0 Å². The van der Waals surface area contributed by atoms with E-state index in [1.54, 1.807) is 0 Å². The number of halogens is 1. The van der Waals surface area contributed by atoms with Crippen molar-refractivity contribution in [3.8, 4) is 5.75 Å². The zero-order chi connectivity index (χ0) is 26.9. The second-order valence-electron chi connectivity index (χ2n) is 10.5. The summed E-state index contributed by atoms with van der Waals surface area (Å²) in [6.07, 6.45) is 7.74. The first kappa shape index (κ1) is 24.7. The zero-order valence-electron chi connectivity index (χ0n) is 22.0. The van der Waals surface area contributed by atoms with Crippen molar-refractivity contribution in [2.75, 3.05) is 5.32 Å². The Labute approximate surface area is 239 Å². The van der Waals surface area contributed by atoms with E-state index in [9.17, 15) is 0 Å². The fourth-order valence-corrected chi connectivity index (χ4v) is 6.18. The predicted octanol–water partition coefficient (Wildman–Crippen LogP) is 9.65. The van der Waals surface area contributed by atoms with Gasteiger partial charge in [-0.1, -0.05) is 96.5 Å². The lowest BCUT2D eigenvalue weighted by atomic mass is 9.77. The molecule has 2 aliphatic rings. The number of benzene rings is 5. The number of hydrogen-bond donors (Lipinski definition) is 1. The van der Waals surface area contributed by atoms with Crippen LogP contribution in [0.25, 0.3) is 10.8 Å². The first-order valence-electron chi connectivity index (χ1n) is 13.8. The summed E-state index contributed by atoms with van der Waals surface area (Å²) < 4.78 is 6.28. The lowest BCUT2D eigenvalue weighted by Crippen LogP contribution is -2.28. The summed E-state index contributed by atoms with van der Waals surface area (Å²) in [5.41, 5.74) is 6.89. The molecule has 40 heavy (non-hydrogen) atoms. The normalized spacial score (nSPS) is 19.4. The van der Waals surface area contributed by atoms with Gasteiger partial charge in [-0.05, 0) is 76.2 Å². The van der Waals surface area contributed by atoms with Gasteiger partial charge in [-0.2, -0.15) is 0 Å². The molecular weight excluding hydrogens is 512 g/mol. The monoisotopic (exact) mass is 540 g/mol. The maximum atomic E-state index is 6.28. The third-order valence-electron chi connectivity index (χ3n) is 8.11. The highest BCUT2D eigenvalue weighted by Gasteiger charge is 2.37. The maximum Gasteiger partial charge on any atom is 0.129 e. The molecule has 1 aliphatic heterocycles. The summed E-state index contributed by atoms with van der Waals surface area (Å²) in [6, 6.07) is 37.9. The van der Waals surface area contributed by atoms with Crippen LogP contribution < -0.4 is 10.1 Å². The summed E-state index contributed by atoms with van der Waals surface area (Å²) in [7, 11) is 0. The van der Waals surface area contributed by atoms with Crippen LogP contribution in [0.5, 0.6) is 5.75 Å². The molecular formula is C36H29ClN2O. The second-order valence-corrected chi connectivity index (χ2v) is 11.0. The van der Waals surface area contributed by atoms with E-state index < -0.39 is 0 Å². The number of nitrogens with zero attached hydrogens (tertiary/aromatic N) is 1. The molecule has 0 aromatic heterocycles. The van der Waals surface area contributed by atoms with E-state index in [0.29, 0.717) is 18.4 Å². The Morgan fingerprint density at radius 3 is 2.52 bits per heavy atom. The SMILES string of the molecule is Clc1ccc(COc2ccc3ccccc3c2C=Nc2ccc([C@@H]3Nc4ccccc4[C@H]4C=CC[C@@H]43)cc2)cc1. The molecule has 7 rings (SSSR count). The number of fused-ring (bicyclic) bond motifs is 4. The number of aliphatic imine (C=N–C) groups is 1. The van der Waals surface area contributed by atoms with E-state index >= 15 is 0 Å². The number of allylic oxidation sites excluding steroid dienone is 2. The molecule has 0 saturated heterocycles. The molecule has 4 heteroatoms. The van der Waals surface area contributed by atoms with Crippen molar-refractivity contribution in [2.24, 2.45) is 10.9 Å². The molecule has 3 nitrogen and oxygen atoms in total. The minimum absolute atomic E-state index is 0.277. The van der Waals surface area contributed by atoms with Crippen molar-refractivity contribution in [1.82, 2.24) is 0 Å². The highest BCUT2D eigenvalue weighted by atomic mass is 35.5. The minimum Gasteiger partial charge on any atom is -0.488 e. The van der Waals surface area contributed by atoms with Crippen LogP contribution in [0.4, 0.5) is 11.4 Å². The van der Waals surface area contributed by atoms with E-state index in [4.69, 9.17) is 21.3 Å². The van der Waals surface area contributed by atoms with Gasteiger partial charge in [-0.3, -0.25) is 4.99 Å². The molecule has 5 aromatic carbocycles. The molecule has 0 saturated carbocycles. The Morgan fingerprint density at radius 2 is 1.65 bits per heavy atom. The van der Waals surface area contributed by atoms with Gasteiger partial charge in [-0.25, -0.2) is 0 Å². The molecule has 0 radical (unpaired) electrons. The van der Waals surface area contributed by atoms with Crippen molar-refractivity contribution in [3.63, 3.8) is 0 Å². The molecule has 0 amide bonds. The summed E-state index contributed by atoms with van der Waals surface area (Å²) >= 11 is 6.05. The summed E-state index contributed by atoms with van der Waals surface area (Å²) in [5, 5.41) is 6.80. The molecule has 0 bridgehead atoms. The van der Waals surface area contributed by atoms with Gasteiger partial charge >= 0.3 is 0 Å². The highest BCUT2D eigenvalue weighted by Crippen LogP contribution is 2.49. The molecule has 0 unspecified atom stereocenters. The standard InChI is InChI=1S/C36H29ClN2O/c37-27-17-12-24(13-18-27)23-40-35-21-16-25-6-1-2-7-29(25)33(35)22-38-28-19-14-26(15-20-28)36-32-10-5-9-30(32)31-8-3-4-11-34(31)39-36/h1-9,11-22,30,32,36,39H,10,23H2/t30-,32+,36+/m1/s1. The Kier molecular flexibility index (Phi) is 6.59. The Bertz CT molecular complexity index is 1720. The Balaban J connectivity index is 1.15. The predicted molar refractivity (Wildman–Crippen MR) is 166 cm³/mol. The lowest BCUT2D eigenvalue weighted by molar-refractivity contribution is 0.306.